The first kappa shape index (κ1) is 16.2. The molecule has 116 valence electrons. The number of nitrogens with one attached hydrogen (secondary N) is 1. The molecule has 1 amide bonds. The van der Waals surface area contributed by atoms with Crippen LogP contribution in [0.25, 0.3) is 0 Å². The number of anilines is 1. The maximum Gasteiger partial charge on any atom is 0.309 e. The Morgan fingerprint density at radius 2 is 1.91 bits per heavy atom. The zero-order valence-corrected chi connectivity index (χ0v) is 13.3. The Morgan fingerprint density at radius 3 is 2.50 bits per heavy atom. The van der Waals surface area contributed by atoms with Crippen LogP contribution in [0.4, 0.5) is 5.69 Å². The van der Waals surface area contributed by atoms with Crippen LogP contribution in [0.2, 0.25) is 0 Å². The summed E-state index contributed by atoms with van der Waals surface area (Å²) in [6, 6.07) is 7.75. The lowest BCUT2D eigenvalue weighted by molar-refractivity contribution is -0.136. The van der Waals surface area contributed by atoms with Gasteiger partial charge in [-0.2, -0.15) is 0 Å². The number of carbonyl (C=O) groups excluding carboxylic acids is 1. The molecule has 5 nitrogen and oxygen atoms in total. The van der Waals surface area contributed by atoms with Crippen LogP contribution in [0.3, 0.4) is 0 Å². The summed E-state index contributed by atoms with van der Waals surface area (Å²) in [7, 11) is 0. The Labute approximate surface area is 133 Å². The summed E-state index contributed by atoms with van der Waals surface area (Å²) in [6.07, 6.45) is 0.0327. The van der Waals surface area contributed by atoms with Gasteiger partial charge < -0.3 is 10.4 Å². The number of benzene rings is 1. The first-order valence-corrected chi connectivity index (χ1v) is 7.87. The van der Waals surface area contributed by atoms with E-state index < -0.39 is 5.97 Å². The Balaban J connectivity index is 1.92. The van der Waals surface area contributed by atoms with Crippen molar-refractivity contribution in [2.24, 2.45) is 0 Å². The highest BCUT2D eigenvalue weighted by molar-refractivity contribution is 7.09. The molecule has 1 aromatic carbocycles. The highest BCUT2D eigenvalue weighted by Gasteiger charge is 2.10. The van der Waals surface area contributed by atoms with Crippen LogP contribution in [-0.2, 0) is 22.4 Å². The van der Waals surface area contributed by atoms with E-state index in [-0.39, 0.29) is 18.7 Å². The zero-order chi connectivity index (χ0) is 16.1. The summed E-state index contributed by atoms with van der Waals surface area (Å²) in [5, 5.41) is 13.8. The van der Waals surface area contributed by atoms with E-state index in [1.165, 1.54) is 16.9 Å². The van der Waals surface area contributed by atoms with Crippen LogP contribution in [-0.4, -0.2) is 22.0 Å². The minimum atomic E-state index is -0.924. The van der Waals surface area contributed by atoms with Crippen molar-refractivity contribution >= 4 is 28.9 Å². The second-order valence-corrected chi connectivity index (χ2v) is 6.25. The van der Waals surface area contributed by atoms with Gasteiger partial charge in [-0.15, -0.1) is 11.3 Å². The molecule has 1 heterocycles. The highest BCUT2D eigenvalue weighted by atomic mass is 32.1. The van der Waals surface area contributed by atoms with Crippen molar-refractivity contribution in [3.05, 3.63) is 45.9 Å². The Bertz CT molecular complexity index is 662. The molecule has 0 atom stereocenters. The zero-order valence-electron chi connectivity index (χ0n) is 12.5. The predicted octanol–water partition coefficient (Wildman–Crippen LogP) is 3.07. The molecule has 6 heteroatoms. The normalized spacial score (nSPS) is 10.7. The summed E-state index contributed by atoms with van der Waals surface area (Å²) in [5.41, 5.74) is 2.45. The lowest BCUT2D eigenvalue weighted by Crippen LogP contribution is -2.14. The van der Waals surface area contributed by atoms with Crippen molar-refractivity contribution in [2.45, 2.75) is 32.6 Å². The molecule has 0 aliphatic carbocycles. The minimum absolute atomic E-state index is 0.116. The first-order chi connectivity index (χ1) is 10.4. The van der Waals surface area contributed by atoms with E-state index in [2.05, 4.69) is 24.1 Å². The molecule has 0 unspecified atom stereocenters. The van der Waals surface area contributed by atoms with E-state index in [0.29, 0.717) is 16.6 Å². The topological polar surface area (TPSA) is 79.3 Å². The highest BCUT2D eigenvalue weighted by Crippen LogP contribution is 2.18. The van der Waals surface area contributed by atoms with Gasteiger partial charge in [0, 0.05) is 11.1 Å². The fraction of sp³-hybridized carbons (Fsp3) is 0.312. The monoisotopic (exact) mass is 318 g/mol. The van der Waals surface area contributed by atoms with Gasteiger partial charge >= 0.3 is 5.97 Å². The molecule has 0 spiro atoms. The molecule has 2 rings (SSSR count). The second-order valence-electron chi connectivity index (χ2n) is 5.30. The minimum Gasteiger partial charge on any atom is -0.481 e. The van der Waals surface area contributed by atoms with E-state index in [9.17, 15) is 9.59 Å². The number of thiazole rings is 1. The summed E-state index contributed by atoms with van der Waals surface area (Å²) in [5.74, 6) is -0.632. The molecule has 2 aromatic rings. The molecule has 0 radical (unpaired) electrons. The van der Waals surface area contributed by atoms with Gasteiger partial charge in [0.05, 0.1) is 18.5 Å². The third-order valence-corrected chi connectivity index (χ3v) is 4.00. The molecule has 1 aromatic heterocycles. The summed E-state index contributed by atoms with van der Waals surface area (Å²) >= 11 is 1.30. The number of carboxylic acid groups (broad SMARTS) is 1. The number of aliphatic carboxylic acids is 1. The Kier molecular flexibility index (Phi) is 5.27. The Morgan fingerprint density at radius 1 is 1.23 bits per heavy atom. The average molecular weight is 318 g/mol. The average Bonchev–Trinajstić information content (AvgIpc) is 2.85. The number of carboxylic acids is 1. The molecule has 0 saturated carbocycles. The summed E-state index contributed by atoms with van der Waals surface area (Å²) in [4.78, 5) is 26.7. The van der Waals surface area contributed by atoms with Crippen molar-refractivity contribution in [3.63, 3.8) is 0 Å². The van der Waals surface area contributed by atoms with Gasteiger partial charge in [0.1, 0.15) is 5.01 Å². The van der Waals surface area contributed by atoms with Gasteiger partial charge in [0.15, 0.2) is 0 Å². The van der Waals surface area contributed by atoms with Crippen LogP contribution >= 0.6 is 11.3 Å². The van der Waals surface area contributed by atoms with E-state index >= 15 is 0 Å². The van der Waals surface area contributed by atoms with Gasteiger partial charge in [-0.25, -0.2) is 4.98 Å². The number of rotatable bonds is 6. The van der Waals surface area contributed by atoms with Crippen molar-refractivity contribution in [1.82, 2.24) is 4.98 Å². The fourth-order valence-electron chi connectivity index (χ4n) is 1.96. The predicted molar refractivity (Wildman–Crippen MR) is 86.3 cm³/mol. The first-order valence-electron chi connectivity index (χ1n) is 6.99. The molecular weight excluding hydrogens is 300 g/mol. The quantitative estimate of drug-likeness (QED) is 0.858. The van der Waals surface area contributed by atoms with Gasteiger partial charge in [-0.3, -0.25) is 9.59 Å². The number of nitrogens with zero attached hydrogens (tertiary/aromatic N) is 1. The summed E-state index contributed by atoms with van der Waals surface area (Å²) < 4.78 is 0. The van der Waals surface area contributed by atoms with Crippen molar-refractivity contribution in [2.75, 3.05) is 5.32 Å². The van der Waals surface area contributed by atoms with Gasteiger partial charge in [0.2, 0.25) is 5.91 Å². The van der Waals surface area contributed by atoms with Gasteiger partial charge in [0.25, 0.3) is 0 Å². The largest absolute Gasteiger partial charge is 0.481 e. The van der Waals surface area contributed by atoms with Crippen LogP contribution in [0.5, 0.6) is 0 Å². The molecule has 22 heavy (non-hydrogen) atoms. The van der Waals surface area contributed by atoms with E-state index in [1.807, 2.05) is 24.3 Å². The van der Waals surface area contributed by atoms with Crippen LogP contribution in [0.1, 0.15) is 36.0 Å². The van der Waals surface area contributed by atoms with Crippen LogP contribution in [0, 0.1) is 0 Å². The maximum atomic E-state index is 12.0. The van der Waals surface area contributed by atoms with Crippen molar-refractivity contribution < 1.29 is 14.7 Å². The number of aromatic nitrogens is 1. The van der Waals surface area contributed by atoms with E-state index in [1.54, 1.807) is 5.38 Å². The molecule has 2 N–H and O–H groups in total. The molecular formula is C16H18N2O3S. The van der Waals surface area contributed by atoms with E-state index in [4.69, 9.17) is 5.11 Å². The van der Waals surface area contributed by atoms with Gasteiger partial charge in [-0.05, 0) is 23.6 Å². The lowest BCUT2D eigenvalue weighted by Gasteiger charge is -2.07. The van der Waals surface area contributed by atoms with Crippen molar-refractivity contribution in [3.8, 4) is 0 Å². The molecule has 0 bridgehead atoms. The van der Waals surface area contributed by atoms with E-state index in [0.717, 1.165) is 5.69 Å². The van der Waals surface area contributed by atoms with Crippen LogP contribution < -0.4 is 5.32 Å². The fourth-order valence-corrected chi connectivity index (χ4v) is 2.75. The molecule has 0 fully saturated rings. The number of hydrogen-bond donors (Lipinski definition) is 2. The summed E-state index contributed by atoms with van der Waals surface area (Å²) in [6.45, 7) is 4.23. The number of carbonyl (C=O) groups is 2. The van der Waals surface area contributed by atoms with Gasteiger partial charge in [-0.1, -0.05) is 26.0 Å². The van der Waals surface area contributed by atoms with Crippen LogP contribution in [0.15, 0.2) is 29.6 Å². The standard InChI is InChI=1S/C16H18N2O3S/c1-10(2)11-3-5-12(6-4-11)17-14(19)8-15-18-13(9-22-15)7-16(20)21/h3-6,9-10H,7-8H2,1-2H3,(H,17,19)(H,20,21). The second kappa shape index (κ2) is 7.17. The lowest BCUT2D eigenvalue weighted by atomic mass is 10.0. The maximum absolute atomic E-state index is 12.0. The SMILES string of the molecule is CC(C)c1ccc(NC(=O)Cc2nc(CC(=O)O)cs2)cc1. The molecule has 0 aliphatic heterocycles. The number of hydrogen-bond acceptors (Lipinski definition) is 4. The smallest absolute Gasteiger partial charge is 0.309 e. The third-order valence-electron chi connectivity index (χ3n) is 3.10. The molecule has 0 aliphatic rings. The van der Waals surface area contributed by atoms with Crippen molar-refractivity contribution in [1.29, 1.82) is 0 Å². The third kappa shape index (κ3) is 4.66. The number of amides is 1. The molecule has 0 saturated heterocycles. The Hall–Kier alpha value is -2.21.